The number of carbonyl (C=O) groups is 1. The number of anilines is 2. The highest BCUT2D eigenvalue weighted by Gasteiger charge is 2.18. The largest absolute Gasteiger partial charge is 0.394 e. The normalized spacial score (nSPS) is 12.0. The van der Waals surface area contributed by atoms with Crippen LogP contribution in [0.25, 0.3) is 10.8 Å². The van der Waals surface area contributed by atoms with Gasteiger partial charge >= 0.3 is 0 Å². The number of hydrogen-bond acceptors (Lipinski definition) is 4. The quantitative estimate of drug-likeness (QED) is 0.602. The van der Waals surface area contributed by atoms with Crippen molar-refractivity contribution in [1.82, 2.24) is 0 Å². The van der Waals surface area contributed by atoms with Crippen molar-refractivity contribution in [3.8, 4) is 0 Å². The molecule has 27 heavy (non-hydrogen) atoms. The molecule has 3 rings (SSSR count). The first-order valence-electron chi connectivity index (χ1n) is 9.06. The molecule has 0 aliphatic rings. The molecule has 1 amide bonds. The molecule has 0 bridgehead atoms. The van der Waals surface area contributed by atoms with E-state index in [1.165, 1.54) is 0 Å². The van der Waals surface area contributed by atoms with Crippen LogP contribution < -0.4 is 10.2 Å². The number of fused-ring (bicyclic) bond motifs is 1. The summed E-state index contributed by atoms with van der Waals surface area (Å²) in [5.41, 5.74) is 2.28. The first kappa shape index (κ1) is 18.9. The third kappa shape index (κ3) is 4.27. The molecule has 0 heterocycles. The summed E-state index contributed by atoms with van der Waals surface area (Å²) in [7, 11) is 0. The van der Waals surface area contributed by atoms with Crippen LogP contribution in [0.4, 0.5) is 11.4 Å². The van der Waals surface area contributed by atoms with Gasteiger partial charge in [-0.15, -0.1) is 0 Å². The number of benzene rings is 3. The number of amides is 1. The van der Waals surface area contributed by atoms with E-state index in [1.54, 1.807) is 29.2 Å². The Morgan fingerprint density at radius 1 is 1.04 bits per heavy atom. The van der Waals surface area contributed by atoms with Crippen molar-refractivity contribution in [2.24, 2.45) is 0 Å². The topological polar surface area (TPSA) is 72.8 Å². The van der Waals surface area contributed by atoms with E-state index in [-0.39, 0.29) is 19.1 Å². The van der Waals surface area contributed by atoms with Gasteiger partial charge in [0.05, 0.1) is 18.4 Å². The van der Waals surface area contributed by atoms with Gasteiger partial charge < -0.3 is 20.4 Å². The number of aliphatic hydroxyl groups is 2. The van der Waals surface area contributed by atoms with Gasteiger partial charge in [-0.1, -0.05) is 36.4 Å². The van der Waals surface area contributed by atoms with E-state index in [4.69, 9.17) is 5.11 Å². The van der Waals surface area contributed by atoms with Crippen LogP contribution in [0.15, 0.2) is 66.7 Å². The molecule has 1 atom stereocenters. The van der Waals surface area contributed by atoms with Crippen LogP contribution in [-0.4, -0.2) is 41.9 Å². The molecule has 0 aliphatic heterocycles. The summed E-state index contributed by atoms with van der Waals surface area (Å²) in [5, 5.41) is 23.4. The summed E-state index contributed by atoms with van der Waals surface area (Å²) in [5.74, 6) is -0.0594. The molecule has 0 fully saturated rings. The zero-order valence-electron chi connectivity index (χ0n) is 15.3. The zero-order valence-corrected chi connectivity index (χ0v) is 15.3. The van der Waals surface area contributed by atoms with E-state index >= 15 is 0 Å². The second-order valence-corrected chi connectivity index (χ2v) is 6.34. The van der Waals surface area contributed by atoms with Crippen molar-refractivity contribution < 1.29 is 15.0 Å². The summed E-state index contributed by atoms with van der Waals surface area (Å²) in [6.07, 6.45) is -0.812. The van der Waals surface area contributed by atoms with Gasteiger partial charge in [-0.2, -0.15) is 0 Å². The Hall–Kier alpha value is -2.89. The molecule has 3 aromatic rings. The minimum Gasteiger partial charge on any atom is -0.394 e. The number of nitrogens with one attached hydrogen (secondary N) is 1. The monoisotopic (exact) mass is 364 g/mol. The smallest absolute Gasteiger partial charge is 0.258 e. The van der Waals surface area contributed by atoms with Crippen molar-refractivity contribution >= 4 is 28.1 Å². The number of rotatable bonds is 7. The Morgan fingerprint density at radius 2 is 1.74 bits per heavy atom. The Morgan fingerprint density at radius 3 is 2.44 bits per heavy atom. The summed E-state index contributed by atoms with van der Waals surface area (Å²) >= 11 is 0. The molecule has 0 saturated heterocycles. The SMILES string of the molecule is CCN(C(=O)c1ccc(NCC(O)CO)cc1)c1cccc2ccccc12. The Balaban J connectivity index is 1.82. The van der Waals surface area contributed by atoms with Crippen molar-refractivity contribution in [2.45, 2.75) is 13.0 Å². The number of carbonyl (C=O) groups excluding carboxylic acids is 1. The molecule has 5 nitrogen and oxygen atoms in total. The summed E-state index contributed by atoms with van der Waals surface area (Å²) in [6, 6.07) is 21.1. The van der Waals surface area contributed by atoms with E-state index in [0.29, 0.717) is 12.1 Å². The Bertz CT molecular complexity index is 904. The number of nitrogens with zero attached hydrogens (tertiary/aromatic N) is 1. The third-order valence-corrected chi connectivity index (χ3v) is 4.50. The van der Waals surface area contributed by atoms with Crippen molar-refractivity contribution in [3.63, 3.8) is 0 Å². The summed E-state index contributed by atoms with van der Waals surface area (Å²) in [6.45, 7) is 2.49. The zero-order chi connectivity index (χ0) is 19.2. The van der Waals surface area contributed by atoms with Gasteiger partial charge in [0.15, 0.2) is 0 Å². The maximum atomic E-state index is 13.1. The van der Waals surface area contributed by atoms with E-state index < -0.39 is 6.10 Å². The molecule has 0 aliphatic carbocycles. The van der Waals surface area contributed by atoms with Gasteiger partial charge in [0.2, 0.25) is 0 Å². The molecule has 5 heteroatoms. The minimum absolute atomic E-state index is 0.0594. The van der Waals surface area contributed by atoms with Crippen LogP contribution in [0, 0.1) is 0 Å². The van der Waals surface area contributed by atoms with Crippen molar-refractivity contribution in [2.75, 3.05) is 29.9 Å². The van der Waals surface area contributed by atoms with Crippen LogP contribution in [0.3, 0.4) is 0 Å². The molecule has 140 valence electrons. The van der Waals surface area contributed by atoms with Gasteiger partial charge in [0.1, 0.15) is 0 Å². The average Bonchev–Trinajstić information content (AvgIpc) is 2.73. The second kappa shape index (κ2) is 8.66. The number of aliphatic hydroxyl groups excluding tert-OH is 2. The Labute approximate surface area is 158 Å². The molecule has 0 spiro atoms. The van der Waals surface area contributed by atoms with Crippen LogP contribution in [-0.2, 0) is 0 Å². The molecule has 0 saturated carbocycles. The van der Waals surface area contributed by atoms with Crippen LogP contribution in [0.1, 0.15) is 17.3 Å². The predicted octanol–water partition coefficient (Wildman–Crippen LogP) is 3.27. The van der Waals surface area contributed by atoms with E-state index in [9.17, 15) is 9.90 Å². The standard InChI is InChI=1S/C22H24N2O3/c1-2-24(21-9-5-7-16-6-3-4-8-20(16)21)22(27)17-10-12-18(13-11-17)23-14-19(26)15-25/h3-13,19,23,25-26H,2,14-15H2,1H3. The lowest BCUT2D eigenvalue weighted by atomic mass is 10.1. The van der Waals surface area contributed by atoms with Gasteiger partial charge in [0.25, 0.3) is 5.91 Å². The fourth-order valence-corrected chi connectivity index (χ4v) is 3.05. The Kier molecular flexibility index (Phi) is 6.06. The molecular formula is C22H24N2O3. The van der Waals surface area contributed by atoms with E-state index in [2.05, 4.69) is 5.32 Å². The molecule has 3 N–H and O–H groups in total. The van der Waals surface area contributed by atoms with Crippen LogP contribution in [0.5, 0.6) is 0 Å². The third-order valence-electron chi connectivity index (χ3n) is 4.50. The maximum Gasteiger partial charge on any atom is 0.258 e. The summed E-state index contributed by atoms with van der Waals surface area (Å²) in [4.78, 5) is 14.9. The highest BCUT2D eigenvalue weighted by Crippen LogP contribution is 2.28. The lowest BCUT2D eigenvalue weighted by Gasteiger charge is -2.23. The minimum atomic E-state index is -0.812. The lowest BCUT2D eigenvalue weighted by Crippen LogP contribution is -2.30. The lowest BCUT2D eigenvalue weighted by molar-refractivity contribution is 0.0988. The fraction of sp³-hybridized carbons (Fsp3) is 0.227. The second-order valence-electron chi connectivity index (χ2n) is 6.34. The van der Waals surface area contributed by atoms with Gasteiger partial charge in [-0.05, 0) is 42.6 Å². The van der Waals surface area contributed by atoms with E-state index in [0.717, 1.165) is 22.1 Å². The van der Waals surface area contributed by atoms with Crippen molar-refractivity contribution in [1.29, 1.82) is 0 Å². The van der Waals surface area contributed by atoms with Crippen molar-refractivity contribution in [3.05, 3.63) is 72.3 Å². The van der Waals surface area contributed by atoms with Crippen LogP contribution in [0.2, 0.25) is 0 Å². The average molecular weight is 364 g/mol. The molecule has 0 aromatic heterocycles. The first-order valence-corrected chi connectivity index (χ1v) is 9.06. The van der Waals surface area contributed by atoms with Crippen LogP contribution >= 0.6 is 0 Å². The highest BCUT2D eigenvalue weighted by atomic mass is 16.3. The van der Waals surface area contributed by atoms with E-state index in [1.807, 2.05) is 49.4 Å². The maximum absolute atomic E-state index is 13.1. The number of hydrogen-bond donors (Lipinski definition) is 3. The molecular weight excluding hydrogens is 340 g/mol. The first-order chi connectivity index (χ1) is 13.1. The molecule has 3 aromatic carbocycles. The summed E-state index contributed by atoms with van der Waals surface area (Å²) < 4.78 is 0. The van der Waals surface area contributed by atoms with Gasteiger partial charge in [0, 0.05) is 29.7 Å². The predicted molar refractivity (Wildman–Crippen MR) is 109 cm³/mol. The molecule has 1 unspecified atom stereocenters. The fourth-order valence-electron chi connectivity index (χ4n) is 3.05. The van der Waals surface area contributed by atoms with Gasteiger partial charge in [-0.3, -0.25) is 4.79 Å². The molecule has 0 radical (unpaired) electrons. The highest BCUT2D eigenvalue weighted by molar-refractivity contribution is 6.10. The van der Waals surface area contributed by atoms with Gasteiger partial charge in [-0.25, -0.2) is 0 Å².